The average molecular weight is 383 g/mol. The van der Waals surface area contributed by atoms with Gasteiger partial charge >= 0.3 is 0 Å². The van der Waals surface area contributed by atoms with Gasteiger partial charge in [0.2, 0.25) is 0 Å². The molecule has 1 aliphatic rings. The van der Waals surface area contributed by atoms with Crippen LogP contribution in [0.2, 0.25) is 0 Å². The van der Waals surface area contributed by atoms with Crippen LogP contribution in [0.15, 0.2) is 29.0 Å². The SMILES string of the molecule is O=C=CN1CC(Oc2nnc(C(O)c3cccc(Br)n3)s2)C1. The zero-order chi connectivity index (χ0) is 15.5. The van der Waals surface area contributed by atoms with E-state index >= 15 is 0 Å². The summed E-state index contributed by atoms with van der Waals surface area (Å²) >= 11 is 4.44. The zero-order valence-corrected chi connectivity index (χ0v) is 13.6. The van der Waals surface area contributed by atoms with Crippen LogP contribution in [-0.2, 0) is 4.79 Å². The Kier molecular flexibility index (Phi) is 4.49. The van der Waals surface area contributed by atoms with Crippen LogP contribution in [0, 0.1) is 0 Å². The third kappa shape index (κ3) is 3.33. The highest BCUT2D eigenvalue weighted by Gasteiger charge is 2.28. The molecule has 0 saturated carbocycles. The summed E-state index contributed by atoms with van der Waals surface area (Å²) in [4.78, 5) is 16.2. The number of nitrogens with zero attached hydrogens (tertiary/aromatic N) is 4. The standard InChI is InChI=1S/C13H11BrN4O3S/c14-10-3-1-2-9(15-10)11(20)12-16-17-13(22-12)21-8-6-18(7-8)4-5-19/h1-4,8,11,20H,6-7H2. The third-order valence-electron chi connectivity index (χ3n) is 3.05. The normalized spacial score (nSPS) is 15.8. The molecule has 1 N–H and O–H groups in total. The maximum atomic E-state index is 10.3. The van der Waals surface area contributed by atoms with Crippen LogP contribution in [0.1, 0.15) is 16.8 Å². The van der Waals surface area contributed by atoms with Crippen molar-refractivity contribution >= 4 is 33.2 Å². The summed E-state index contributed by atoms with van der Waals surface area (Å²) in [7, 11) is 0. The number of ether oxygens (including phenoxy) is 1. The summed E-state index contributed by atoms with van der Waals surface area (Å²) in [6.45, 7) is 1.22. The second-order valence-electron chi connectivity index (χ2n) is 4.63. The molecule has 1 unspecified atom stereocenters. The molecule has 7 nitrogen and oxygen atoms in total. The molecule has 3 heterocycles. The molecule has 1 fully saturated rings. The van der Waals surface area contributed by atoms with Gasteiger partial charge in [0.05, 0.1) is 25.0 Å². The topological polar surface area (TPSA) is 88.4 Å². The highest BCUT2D eigenvalue weighted by atomic mass is 79.9. The van der Waals surface area contributed by atoms with Gasteiger partial charge in [0.15, 0.2) is 5.01 Å². The molecule has 0 aliphatic carbocycles. The van der Waals surface area contributed by atoms with E-state index in [1.165, 1.54) is 17.5 Å². The molecule has 2 aromatic rings. The second kappa shape index (κ2) is 6.53. The Morgan fingerprint density at radius 1 is 1.50 bits per heavy atom. The monoisotopic (exact) mass is 382 g/mol. The third-order valence-corrected chi connectivity index (χ3v) is 4.36. The number of aliphatic hydroxyl groups is 1. The predicted octanol–water partition coefficient (Wildman–Crippen LogP) is 1.19. The highest BCUT2D eigenvalue weighted by molar-refractivity contribution is 9.10. The molecule has 0 amide bonds. The van der Waals surface area contributed by atoms with Crippen molar-refractivity contribution < 1.29 is 14.6 Å². The largest absolute Gasteiger partial charge is 0.462 e. The van der Waals surface area contributed by atoms with Crippen molar-refractivity contribution in [3.63, 3.8) is 0 Å². The number of carbonyl (C=O) groups excluding carboxylic acids is 1. The summed E-state index contributed by atoms with van der Waals surface area (Å²) in [5, 5.41) is 18.9. The molecule has 1 saturated heterocycles. The van der Waals surface area contributed by atoms with Gasteiger partial charge in [-0.1, -0.05) is 22.5 Å². The zero-order valence-electron chi connectivity index (χ0n) is 11.2. The minimum atomic E-state index is -0.941. The summed E-state index contributed by atoms with van der Waals surface area (Å²) in [6.07, 6.45) is 0.378. The van der Waals surface area contributed by atoms with Gasteiger partial charge in [0.25, 0.3) is 5.19 Å². The first-order valence-electron chi connectivity index (χ1n) is 6.41. The predicted molar refractivity (Wildman–Crippen MR) is 82.2 cm³/mol. The van der Waals surface area contributed by atoms with Gasteiger partial charge in [-0.3, -0.25) is 0 Å². The van der Waals surface area contributed by atoms with Gasteiger partial charge in [-0.2, -0.15) is 0 Å². The van der Waals surface area contributed by atoms with Gasteiger partial charge in [0, 0.05) is 0 Å². The first-order valence-corrected chi connectivity index (χ1v) is 8.02. The van der Waals surface area contributed by atoms with Crippen LogP contribution >= 0.6 is 27.3 Å². The van der Waals surface area contributed by atoms with Crippen LogP contribution in [-0.4, -0.2) is 50.3 Å². The fourth-order valence-electron chi connectivity index (χ4n) is 1.95. The maximum absolute atomic E-state index is 10.3. The summed E-state index contributed by atoms with van der Waals surface area (Å²) < 4.78 is 6.27. The number of aromatic nitrogens is 3. The number of halogens is 1. The van der Waals surface area contributed by atoms with E-state index in [-0.39, 0.29) is 6.10 Å². The Morgan fingerprint density at radius 2 is 2.32 bits per heavy atom. The molecule has 2 aromatic heterocycles. The second-order valence-corrected chi connectivity index (χ2v) is 6.42. The molecule has 1 aliphatic heterocycles. The smallest absolute Gasteiger partial charge is 0.294 e. The number of aliphatic hydroxyl groups excluding tert-OH is 1. The molecule has 0 spiro atoms. The van der Waals surface area contributed by atoms with Crippen molar-refractivity contribution in [3.8, 4) is 5.19 Å². The molecule has 0 bridgehead atoms. The Morgan fingerprint density at radius 3 is 3.05 bits per heavy atom. The van der Waals surface area contributed by atoms with Gasteiger partial charge in [-0.05, 0) is 28.1 Å². The Hall–Kier alpha value is -1.80. The van der Waals surface area contributed by atoms with E-state index in [1.54, 1.807) is 29.0 Å². The van der Waals surface area contributed by atoms with E-state index in [0.29, 0.717) is 33.6 Å². The van der Waals surface area contributed by atoms with E-state index in [0.717, 1.165) is 0 Å². The molecule has 22 heavy (non-hydrogen) atoms. The Labute approximate surface area is 138 Å². The lowest BCUT2D eigenvalue weighted by Gasteiger charge is -2.36. The number of hydrogen-bond donors (Lipinski definition) is 1. The molecule has 1 atom stereocenters. The quantitative estimate of drug-likeness (QED) is 0.613. The van der Waals surface area contributed by atoms with Crippen LogP contribution < -0.4 is 4.74 Å². The lowest BCUT2D eigenvalue weighted by molar-refractivity contribution is 0.0533. The summed E-state index contributed by atoms with van der Waals surface area (Å²) in [6, 6.07) is 5.28. The van der Waals surface area contributed by atoms with Gasteiger partial charge in [-0.25, -0.2) is 9.78 Å². The number of likely N-dealkylation sites (tertiary alicyclic amines) is 1. The molecule has 9 heteroatoms. The summed E-state index contributed by atoms with van der Waals surface area (Å²) in [5.74, 6) is 1.72. The number of hydrogen-bond acceptors (Lipinski definition) is 8. The van der Waals surface area contributed by atoms with E-state index in [9.17, 15) is 9.90 Å². The van der Waals surface area contributed by atoms with E-state index in [2.05, 4.69) is 31.1 Å². The van der Waals surface area contributed by atoms with Crippen molar-refractivity contribution in [2.75, 3.05) is 13.1 Å². The van der Waals surface area contributed by atoms with Crippen LogP contribution in [0.5, 0.6) is 5.19 Å². The molecular weight excluding hydrogens is 372 g/mol. The van der Waals surface area contributed by atoms with E-state index in [1.807, 2.05) is 0 Å². The minimum Gasteiger partial charge on any atom is -0.462 e. The molecule has 114 valence electrons. The number of rotatable bonds is 5. The van der Waals surface area contributed by atoms with Crippen molar-refractivity contribution in [1.82, 2.24) is 20.1 Å². The molecule has 3 rings (SSSR count). The van der Waals surface area contributed by atoms with Crippen LogP contribution in [0.3, 0.4) is 0 Å². The Balaban J connectivity index is 1.63. The van der Waals surface area contributed by atoms with Crippen molar-refractivity contribution in [3.05, 3.63) is 39.7 Å². The molecule has 0 aromatic carbocycles. The van der Waals surface area contributed by atoms with E-state index in [4.69, 9.17) is 4.74 Å². The molecule has 0 radical (unpaired) electrons. The van der Waals surface area contributed by atoms with Gasteiger partial charge in [0.1, 0.15) is 22.8 Å². The fourth-order valence-corrected chi connectivity index (χ4v) is 3.06. The number of pyridine rings is 1. The minimum absolute atomic E-state index is 0.0356. The Bertz CT molecular complexity index is 713. The van der Waals surface area contributed by atoms with E-state index < -0.39 is 6.10 Å². The van der Waals surface area contributed by atoms with Crippen molar-refractivity contribution in [1.29, 1.82) is 0 Å². The highest BCUT2D eigenvalue weighted by Crippen LogP contribution is 2.29. The van der Waals surface area contributed by atoms with Gasteiger partial charge < -0.3 is 14.7 Å². The summed E-state index contributed by atoms with van der Waals surface area (Å²) in [5.41, 5.74) is 0.489. The maximum Gasteiger partial charge on any atom is 0.294 e. The van der Waals surface area contributed by atoms with Crippen LogP contribution in [0.25, 0.3) is 0 Å². The average Bonchev–Trinajstić information content (AvgIpc) is 2.93. The lowest BCUT2D eigenvalue weighted by Crippen LogP contribution is -2.50. The lowest BCUT2D eigenvalue weighted by atomic mass is 10.2. The van der Waals surface area contributed by atoms with Crippen LogP contribution in [0.4, 0.5) is 0 Å². The van der Waals surface area contributed by atoms with Crippen molar-refractivity contribution in [2.24, 2.45) is 0 Å². The first kappa shape index (κ1) is 15.1. The fraction of sp³-hybridized carbons (Fsp3) is 0.308. The van der Waals surface area contributed by atoms with Crippen molar-refractivity contribution in [2.45, 2.75) is 12.2 Å². The van der Waals surface area contributed by atoms with Gasteiger partial charge in [-0.15, -0.1) is 5.10 Å². The molecular formula is C13H11BrN4O3S. The first-order chi connectivity index (χ1) is 10.7.